The Bertz CT molecular complexity index is 435. The number of hydrogen-bond acceptors (Lipinski definition) is 4. The third-order valence-corrected chi connectivity index (χ3v) is 3.67. The highest BCUT2D eigenvalue weighted by Crippen LogP contribution is 2.27. The Balaban J connectivity index is 2.07. The van der Waals surface area contributed by atoms with Crippen molar-refractivity contribution in [2.45, 2.75) is 18.9 Å². The highest BCUT2D eigenvalue weighted by molar-refractivity contribution is 7.90. The van der Waals surface area contributed by atoms with Gasteiger partial charge in [-0.05, 0) is 12.5 Å². The van der Waals surface area contributed by atoms with Crippen molar-refractivity contribution in [3.05, 3.63) is 23.7 Å². The minimum atomic E-state index is -2.88. The lowest BCUT2D eigenvalue weighted by Gasteiger charge is -2.21. The van der Waals surface area contributed by atoms with Crippen molar-refractivity contribution in [1.82, 2.24) is 5.32 Å². The monoisotopic (exact) mass is 229 g/mol. The summed E-state index contributed by atoms with van der Waals surface area (Å²) >= 11 is 0. The fourth-order valence-electron chi connectivity index (χ4n) is 1.91. The summed E-state index contributed by atoms with van der Waals surface area (Å²) in [4.78, 5) is 0. The molecule has 2 rings (SSSR count). The van der Waals surface area contributed by atoms with E-state index in [0.717, 1.165) is 24.4 Å². The number of nitrogens with one attached hydrogen (secondary N) is 1. The van der Waals surface area contributed by atoms with Gasteiger partial charge < -0.3 is 9.73 Å². The van der Waals surface area contributed by atoms with Crippen LogP contribution < -0.4 is 5.32 Å². The number of rotatable bonds is 3. The summed E-state index contributed by atoms with van der Waals surface area (Å²) in [7, 11) is -2.88. The largest absolute Gasteiger partial charge is 0.469 e. The van der Waals surface area contributed by atoms with Crippen LogP contribution in [0.3, 0.4) is 0 Å². The van der Waals surface area contributed by atoms with Crippen molar-refractivity contribution in [3.63, 3.8) is 0 Å². The lowest BCUT2D eigenvalue weighted by Crippen LogP contribution is -2.28. The first-order valence-electron chi connectivity index (χ1n) is 5.01. The maximum atomic E-state index is 11.1. The standard InChI is InChI=1S/C10H15NO3S/c1-15(12,13)5-3-9-7-11-6-8-2-4-14-10(8)9/h2,4,9,11H,3,5-7H2,1H3. The summed E-state index contributed by atoms with van der Waals surface area (Å²) in [6.07, 6.45) is 3.57. The lowest BCUT2D eigenvalue weighted by atomic mass is 9.97. The molecular formula is C10H15NO3S. The van der Waals surface area contributed by atoms with E-state index in [2.05, 4.69) is 5.32 Å². The molecule has 0 amide bonds. The Kier molecular flexibility index (Phi) is 2.84. The summed E-state index contributed by atoms with van der Waals surface area (Å²) in [6, 6.07) is 1.94. The average Bonchev–Trinajstić information content (AvgIpc) is 2.61. The average molecular weight is 229 g/mol. The minimum Gasteiger partial charge on any atom is -0.469 e. The Morgan fingerprint density at radius 2 is 2.40 bits per heavy atom. The fraction of sp³-hybridized carbons (Fsp3) is 0.600. The van der Waals surface area contributed by atoms with Gasteiger partial charge in [0.1, 0.15) is 15.6 Å². The molecule has 15 heavy (non-hydrogen) atoms. The lowest BCUT2D eigenvalue weighted by molar-refractivity contribution is 0.410. The Hall–Kier alpha value is -0.810. The summed E-state index contributed by atoms with van der Waals surface area (Å²) in [5.41, 5.74) is 1.15. The van der Waals surface area contributed by atoms with Crippen LogP contribution in [0.4, 0.5) is 0 Å². The second kappa shape index (κ2) is 3.98. The van der Waals surface area contributed by atoms with E-state index in [1.807, 2.05) is 6.07 Å². The van der Waals surface area contributed by atoms with E-state index >= 15 is 0 Å². The van der Waals surface area contributed by atoms with Crippen LogP contribution in [-0.4, -0.2) is 27.0 Å². The van der Waals surface area contributed by atoms with Gasteiger partial charge >= 0.3 is 0 Å². The van der Waals surface area contributed by atoms with Crippen molar-refractivity contribution in [3.8, 4) is 0 Å². The van der Waals surface area contributed by atoms with E-state index in [9.17, 15) is 8.42 Å². The summed E-state index contributed by atoms with van der Waals surface area (Å²) in [6.45, 7) is 1.62. The van der Waals surface area contributed by atoms with Crippen LogP contribution >= 0.6 is 0 Å². The zero-order valence-electron chi connectivity index (χ0n) is 8.69. The van der Waals surface area contributed by atoms with Gasteiger partial charge in [-0.3, -0.25) is 0 Å². The highest BCUT2D eigenvalue weighted by Gasteiger charge is 2.23. The molecule has 1 aromatic heterocycles. The predicted molar refractivity (Wildman–Crippen MR) is 57.5 cm³/mol. The molecule has 0 aliphatic carbocycles. The summed E-state index contributed by atoms with van der Waals surface area (Å²) in [5, 5.41) is 3.26. The molecule has 4 nitrogen and oxygen atoms in total. The third kappa shape index (κ3) is 2.60. The van der Waals surface area contributed by atoms with Gasteiger partial charge in [0.25, 0.3) is 0 Å². The quantitative estimate of drug-likeness (QED) is 0.836. The van der Waals surface area contributed by atoms with Gasteiger partial charge in [-0.1, -0.05) is 0 Å². The molecule has 1 aliphatic heterocycles. The van der Waals surface area contributed by atoms with Crippen molar-refractivity contribution in [1.29, 1.82) is 0 Å². The molecule has 0 fully saturated rings. The number of sulfone groups is 1. The number of furan rings is 1. The van der Waals surface area contributed by atoms with Crippen LogP contribution in [0.1, 0.15) is 23.7 Å². The maximum absolute atomic E-state index is 11.1. The highest BCUT2D eigenvalue weighted by atomic mass is 32.2. The van der Waals surface area contributed by atoms with Gasteiger partial charge in [0.15, 0.2) is 0 Å². The normalized spacial score (nSPS) is 21.3. The molecule has 5 heteroatoms. The Labute approximate surface area is 89.6 Å². The summed E-state index contributed by atoms with van der Waals surface area (Å²) in [5.74, 6) is 1.37. The van der Waals surface area contributed by atoms with Crippen LogP contribution in [0.15, 0.2) is 16.7 Å². The number of fused-ring (bicyclic) bond motifs is 1. The molecule has 0 saturated heterocycles. The van der Waals surface area contributed by atoms with E-state index in [1.165, 1.54) is 6.26 Å². The first-order valence-corrected chi connectivity index (χ1v) is 7.07. The van der Waals surface area contributed by atoms with Crippen LogP contribution in [0.5, 0.6) is 0 Å². The molecule has 2 heterocycles. The SMILES string of the molecule is CS(=O)(=O)CCC1CNCc2ccoc21. The predicted octanol–water partition coefficient (Wildman–Crippen LogP) is 0.901. The Morgan fingerprint density at radius 1 is 1.60 bits per heavy atom. The third-order valence-electron chi connectivity index (χ3n) is 2.69. The first-order chi connectivity index (χ1) is 7.06. The second-order valence-electron chi connectivity index (χ2n) is 4.06. The molecule has 1 unspecified atom stereocenters. The molecule has 0 saturated carbocycles. The van der Waals surface area contributed by atoms with E-state index in [0.29, 0.717) is 6.42 Å². The van der Waals surface area contributed by atoms with Gasteiger partial charge in [0.2, 0.25) is 0 Å². The molecular weight excluding hydrogens is 214 g/mol. The van der Waals surface area contributed by atoms with Crippen molar-refractivity contribution in [2.24, 2.45) is 0 Å². The van der Waals surface area contributed by atoms with E-state index in [1.54, 1.807) is 6.26 Å². The van der Waals surface area contributed by atoms with Gasteiger partial charge in [0, 0.05) is 30.8 Å². The molecule has 0 aromatic carbocycles. The number of hydrogen-bond donors (Lipinski definition) is 1. The van der Waals surface area contributed by atoms with Crippen LogP contribution in [0.2, 0.25) is 0 Å². The van der Waals surface area contributed by atoms with Crippen LogP contribution in [0.25, 0.3) is 0 Å². The van der Waals surface area contributed by atoms with E-state index in [-0.39, 0.29) is 11.7 Å². The van der Waals surface area contributed by atoms with Gasteiger partial charge in [-0.25, -0.2) is 8.42 Å². The molecule has 1 N–H and O–H groups in total. The molecule has 1 aliphatic rings. The van der Waals surface area contributed by atoms with Crippen LogP contribution in [0, 0.1) is 0 Å². The van der Waals surface area contributed by atoms with Crippen molar-refractivity contribution < 1.29 is 12.8 Å². The topological polar surface area (TPSA) is 59.3 Å². The smallest absolute Gasteiger partial charge is 0.147 e. The summed E-state index contributed by atoms with van der Waals surface area (Å²) < 4.78 is 27.5. The van der Waals surface area contributed by atoms with Crippen molar-refractivity contribution >= 4 is 9.84 Å². The first kappa shape index (κ1) is 10.7. The molecule has 84 valence electrons. The molecule has 0 spiro atoms. The second-order valence-corrected chi connectivity index (χ2v) is 6.32. The van der Waals surface area contributed by atoms with Crippen molar-refractivity contribution in [2.75, 3.05) is 18.6 Å². The van der Waals surface area contributed by atoms with E-state index < -0.39 is 9.84 Å². The van der Waals surface area contributed by atoms with E-state index in [4.69, 9.17) is 4.42 Å². The van der Waals surface area contributed by atoms with Gasteiger partial charge in [-0.15, -0.1) is 0 Å². The molecule has 1 atom stereocenters. The zero-order chi connectivity index (χ0) is 10.9. The van der Waals surface area contributed by atoms with Gasteiger partial charge in [0.05, 0.1) is 12.0 Å². The van der Waals surface area contributed by atoms with Crippen LogP contribution in [-0.2, 0) is 16.4 Å². The minimum absolute atomic E-state index is 0.193. The molecule has 0 radical (unpaired) electrons. The maximum Gasteiger partial charge on any atom is 0.147 e. The Morgan fingerprint density at radius 3 is 3.13 bits per heavy atom. The zero-order valence-corrected chi connectivity index (χ0v) is 9.51. The molecule has 1 aromatic rings. The fourth-order valence-corrected chi connectivity index (χ4v) is 2.63. The van der Waals surface area contributed by atoms with Gasteiger partial charge in [-0.2, -0.15) is 0 Å². The molecule has 0 bridgehead atoms.